The van der Waals surface area contributed by atoms with Gasteiger partial charge in [0.05, 0.1) is 0 Å². The Morgan fingerprint density at radius 2 is 1.42 bits per heavy atom. The number of rotatable bonds is 2. The molecular weight excluding hydrogens is 384 g/mol. The van der Waals surface area contributed by atoms with Crippen LogP contribution in [-0.2, 0) is 0 Å². The molecule has 0 atom stereocenters. The lowest BCUT2D eigenvalue weighted by Gasteiger charge is -2.12. The molecule has 0 aliphatic rings. The monoisotopic (exact) mass is 394 g/mol. The van der Waals surface area contributed by atoms with E-state index in [0.29, 0.717) is 5.15 Å². The fourth-order valence-corrected chi connectivity index (χ4v) is 3.80. The molecule has 0 spiro atoms. The minimum absolute atomic E-state index is 0.401. The number of aromatic nitrogens is 2. The summed E-state index contributed by atoms with van der Waals surface area (Å²) >= 11 is 9.84. The summed E-state index contributed by atoms with van der Waals surface area (Å²) in [5.41, 5.74) is 4.13. The number of hydrogen-bond donors (Lipinski definition) is 0. The highest BCUT2D eigenvalue weighted by Crippen LogP contribution is 2.38. The van der Waals surface area contributed by atoms with Crippen molar-refractivity contribution in [1.29, 1.82) is 0 Å². The molecule has 4 aromatic rings. The first-order valence-electron chi connectivity index (χ1n) is 7.51. The molecule has 3 aromatic carbocycles. The van der Waals surface area contributed by atoms with Gasteiger partial charge in [-0.15, -0.1) is 10.2 Å². The van der Waals surface area contributed by atoms with Crippen LogP contribution in [0.15, 0.2) is 77.3 Å². The molecule has 0 aliphatic heterocycles. The second-order valence-electron chi connectivity index (χ2n) is 5.41. The molecule has 4 rings (SSSR count). The molecule has 24 heavy (non-hydrogen) atoms. The Bertz CT molecular complexity index is 1020. The zero-order valence-electron chi connectivity index (χ0n) is 12.6. The van der Waals surface area contributed by atoms with Crippen LogP contribution in [0.25, 0.3) is 33.2 Å². The predicted octanol–water partition coefficient (Wildman–Crippen LogP) is 6.38. The Hall–Kier alpha value is -2.23. The minimum atomic E-state index is 0.401. The maximum absolute atomic E-state index is 6.27. The summed E-state index contributed by atoms with van der Waals surface area (Å²) < 4.78 is 0.915. The van der Waals surface area contributed by atoms with E-state index >= 15 is 0 Å². The predicted molar refractivity (Wildman–Crippen MR) is 103 cm³/mol. The highest BCUT2D eigenvalue weighted by Gasteiger charge is 2.15. The van der Waals surface area contributed by atoms with E-state index < -0.39 is 0 Å². The Balaban J connectivity index is 2.04. The summed E-state index contributed by atoms with van der Waals surface area (Å²) in [5.74, 6) is 0. The van der Waals surface area contributed by atoms with Crippen LogP contribution < -0.4 is 0 Å². The Morgan fingerprint density at radius 1 is 0.708 bits per heavy atom. The van der Waals surface area contributed by atoms with Gasteiger partial charge in [0.25, 0.3) is 0 Å². The van der Waals surface area contributed by atoms with Gasteiger partial charge in [-0.2, -0.15) is 0 Å². The smallest absolute Gasteiger partial charge is 0.148 e. The zero-order valence-corrected chi connectivity index (χ0v) is 14.9. The van der Waals surface area contributed by atoms with Gasteiger partial charge in [-0.1, -0.05) is 94.3 Å². The molecule has 0 amide bonds. The first-order chi connectivity index (χ1) is 11.8. The maximum Gasteiger partial charge on any atom is 0.160 e. The third-order valence-electron chi connectivity index (χ3n) is 3.98. The third kappa shape index (κ3) is 2.60. The van der Waals surface area contributed by atoms with Crippen LogP contribution in [-0.4, -0.2) is 10.2 Å². The topological polar surface area (TPSA) is 25.8 Å². The number of hydrogen-bond acceptors (Lipinski definition) is 2. The number of benzene rings is 3. The molecule has 2 nitrogen and oxygen atoms in total. The molecule has 0 radical (unpaired) electrons. The molecule has 0 fully saturated rings. The van der Waals surface area contributed by atoms with Crippen LogP contribution in [0.4, 0.5) is 0 Å². The third-order valence-corrected chi connectivity index (χ3v) is 4.91. The van der Waals surface area contributed by atoms with Crippen molar-refractivity contribution in [1.82, 2.24) is 10.2 Å². The van der Waals surface area contributed by atoms with Crippen LogP contribution in [0.3, 0.4) is 0 Å². The Labute approximate surface area is 153 Å². The molecule has 0 saturated heterocycles. The van der Waals surface area contributed by atoms with Crippen molar-refractivity contribution < 1.29 is 0 Å². The molecule has 0 unspecified atom stereocenters. The number of halogens is 2. The van der Waals surface area contributed by atoms with Crippen molar-refractivity contribution >= 4 is 38.3 Å². The van der Waals surface area contributed by atoms with Gasteiger partial charge in [0.15, 0.2) is 5.15 Å². The quantitative estimate of drug-likeness (QED) is 0.393. The molecule has 1 aromatic heterocycles. The fourth-order valence-electron chi connectivity index (χ4n) is 2.89. The van der Waals surface area contributed by atoms with Crippen LogP contribution in [0, 0.1) is 0 Å². The van der Waals surface area contributed by atoms with Crippen molar-refractivity contribution in [2.24, 2.45) is 0 Å². The van der Waals surface area contributed by atoms with Gasteiger partial charge < -0.3 is 0 Å². The highest BCUT2D eigenvalue weighted by atomic mass is 79.9. The molecule has 0 saturated carbocycles. The molecule has 116 valence electrons. The summed E-state index contributed by atoms with van der Waals surface area (Å²) in [5, 5.41) is 10.8. The zero-order chi connectivity index (χ0) is 16.5. The van der Waals surface area contributed by atoms with Crippen LogP contribution >= 0.6 is 27.5 Å². The van der Waals surface area contributed by atoms with Gasteiger partial charge in [-0.25, -0.2) is 0 Å². The van der Waals surface area contributed by atoms with Gasteiger partial charge in [0.2, 0.25) is 0 Å². The first kappa shape index (κ1) is 15.3. The van der Waals surface area contributed by atoms with E-state index in [-0.39, 0.29) is 0 Å². The fraction of sp³-hybridized carbons (Fsp3) is 0. The van der Waals surface area contributed by atoms with Gasteiger partial charge in [0.1, 0.15) is 5.69 Å². The second-order valence-corrected chi connectivity index (χ2v) is 6.63. The maximum atomic E-state index is 6.27. The first-order valence-corrected chi connectivity index (χ1v) is 8.68. The van der Waals surface area contributed by atoms with E-state index in [4.69, 9.17) is 11.6 Å². The molecule has 1 heterocycles. The number of fused-ring (bicyclic) bond motifs is 1. The normalized spacial score (nSPS) is 10.9. The highest BCUT2D eigenvalue weighted by molar-refractivity contribution is 9.10. The molecule has 0 aliphatic carbocycles. The average molecular weight is 396 g/mol. The van der Waals surface area contributed by atoms with Crippen LogP contribution in [0.1, 0.15) is 0 Å². The Kier molecular flexibility index (Phi) is 4.05. The molecule has 0 N–H and O–H groups in total. The SMILES string of the molecule is Clc1nnc(-c2ccccc2-c2ccccc2)c2cccc(Br)c12. The van der Waals surface area contributed by atoms with Gasteiger partial charge in [-0.3, -0.25) is 0 Å². The van der Waals surface area contributed by atoms with E-state index in [1.54, 1.807) is 0 Å². The summed E-state index contributed by atoms with van der Waals surface area (Å²) in [4.78, 5) is 0. The Morgan fingerprint density at radius 3 is 2.21 bits per heavy atom. The van der Waals surface area contributed by atoms with E-state index in [1.807, 2.05) is 48.5 Å². The van der Waals surface area contributed by atoms with Gasteiger partial charge >= 0.3 is 0 Å². The largest absolute Gasteiger partial charge is 0.160 e. The van der Waals surface area contributed by atoms with Crippen molar-refractivity contribution in [2.75, 3.05) is 0 Å². The molecule has 0 bridgehead atoms. The van der Waals surface area contributed by atoms with E-state index in [0.717, 1.165) is 37.6 Å². The van der Waals surface area contributed by atoms with Gasteiger partial charge in [-0.05, 0) is 17.2 Å². The average Bonchev–Trinajstić information content (AvgIpc) is 2.63. The van der Waals surface area contributed by atoms with Gasteiger partial charge in [0, 0.05) is 20.8 Å². The lowest BCUT2D eigenvalue weighted by Crippen LogP contribution is -1.94. The van der Waals surface area contributed by atoms with E-state index in [1.165, 1.54) is 0 Å². The summed E-state index contributed by atoms with van der Waals surface area (Å²) in [6, 6.07) is 24.5. The van der Waals surface area contributed by atoms with Crippen LogP contribution in [0.2, 0.25) is 5.15 Å². The minimum Gasteiger partial charge on any atom is -0.148 e. The second kappa shape index (κ2) is 6.34. The summed E-state index contributed by atoms with van der Waals surface area (Å²) in [6.07, 6.45) is 0. The lowest BCUT2D eigenvalue weighted by atomic mass is 9.95. The van der Waals surface area contributed by atoms with Crippen molar-refractivity contribution in [3.05, 3.63) is 82.4 Å². The number of nitrogens with zero attached hydrogens (tertiary/aromatic N) is 2. The lowest BCUT2D eigenvalue weighted by molar-refractivity contribution is 1.06. The van der Waals surface area contributed by atoms with Crippen LogP contribution in [0.5, 0.6) is 0 Å². The van der Waals surface area contributed by atoms with Crippen molar-refractivity contribution in [3.8, 4) is 22.4 Å². The summed E-state index contributed by atoms with van der Waals surface area (Å²) in [6.45, 7) is 0. The molecule has 4 heteroatoms. The van der Waals surface area contributed by atoms with Crippen molar-refractivity contribution in [2.45, 2.75) is 0 Å². The van der Waals surface area contributed by atoms with Crippen molar-refractivity contribution in [3.63, 3.8) is 0 Å². The summed E-state index contributed by atoms with van der Waals surface area (Å²) in [7, 11) is 0. The van der Waals surface area contributed by atoms with E-state index in [2.05, 4.69) is 50.4 Å². The molecular formula is C20H12BrClN2. The van der Waals surface area contributed by atoms with E-state index in [9.17, 15) is 0 Å². The standard InChI is InChI=1S/C20H12BrClN2/c21-17-12-6-11-16-18(17)20(22)24-23-19(16)15-10-5-4-9-14(15)13-7-2-1-3-8-13/h1-12H.